The predicted molar refractivity (Wildman–Crippen MR) is 222 cm³/mol. The first-order valence-electron chi connectivity index (χ1n) is 17.2. The molecule has 0 heterocycles. The van der Waals surface area contributed by atoms with Gasteiger partial charge in [0.15, 0.2) is 0 Å². The zero-order chi connectivity index (χ0) is 42.9. The van der Waals surface area contributed by atoms with E-state index in [1.54, 1.807) is 36.4 Å². The molecule has 6 aromatic rings. The number of benzene rings is 6. The molecular formula is C40H32N4O12S4. The van der Waals surface area contributed by atoms with Crippen LogP contribution in [0, 0.1) is 13.8 Å². The molecule has 0 fully saturated rings. The molecule has 0 atom stereocenters. The van der Waals surface area contributed by atoms with E-state index in [2.05, 4.69) is 29.8 Å². The van der Waals surface area contributed by atoms with Crippen molar-refractivity contribution in [3.05, 3.63) is 156 Å². The molecule has 0 saturated heterocycles. The Morgan fingerprint density at radius 1 is 0.517 bits per heavy atom. The Labute approximate surface area is 349 Å². The van der Waals surface area contributed by atoms with Crippen LogP contribution in [0.2, 0.25) is 0 Å². The molecule has 308 valence electrons. The average molecular weight is 889 g/mol. The van der Waals surface area contributed by atoms with Gasteiger partial charge in [0.1, 0.15) is 26.2 Å². The Bertz CT molecular complexity index is 2910. The molecule has 0 aliphatic rings. The lowest BCUT2D eigenvalue weighted by molar-refractivity contribution is -0.432. The summed E-state index contributed by atoms with van der Waals surface area (Å²) in [4.78, 5) is -0.111. The van der Waals surface area contributed by atoms with Gasteiger partial charge in [0.2, 0.25) is 0 Å². The van der Waals surface area contributed by atoms with Crippen molar-refractivity contribution in [3.8, 4) is 11.5 Å². The molecule has 0 unspecified atom stereocenters. The number of rotatable bonds is 16. The van der Waals surface area contributed by atoms with Crippen molar-refractivity contribution in [2.75, 3.05) is 0 Å². The Hall–Kier alpha value is -6.10. The topological polar surface area (TPSA) is 229 Å². The van der Waals surface area contributed by atoms with E-state index in [-0.39, 0.29) is 32.5 Å². The summed E-state index contributed by atoms with van der Waals surface area (Å²) in [5.41, 5.74) is 3.42. The van der Waals surface area contributed by atoms with Gasteiger partial charge in [0.25, 0.3) is 10.1 Å². The van der Waals surface area contributed by atoms with Crippen LogP contribution >= 0.6 is 12.0 Å². The molecule has 6 aromatic carbocycles. The summed E-state index contributed by atoms with van der Waals surface area (Å²) in [6.45, 7) is 3.67. The van der Waals surface area contributed by atoms with Gasteiger partial charge in [-0.05, 0) is 122 Å². The van der Waals surface area contributed by atoms with E-state index in [0.717, 1.165) is 17.2 Å². The fourth-order valence-electron chi connectivity index (χ4n) is 5.10. The first kappa shape index (κ1) is 43.5. The smallest absolute Gasteiger partial charge is 0.339 e. The third kappa shape index (κ3) is 11.8. The van der Waals surface area contributed by atoms with E-state index < -0.39 is 35.2 Å². The van der Waals surface area contributed by atoms with Gasteiger partial charge in [0, 0.05) is 4.90 Å². The summed E-state index contributed by atoms with van der Waals surface area (Å²) >= 11 is 0.612. The standard InChI is InChI=1S/C40H32N4O12S4/c1-27-3-21-37(22-4-27)59(49,50)53-35-17-13-31(14-18-35)41-43-33-11-9-29(39(25-33)57-56-55-45)7-8-30-10-12-34(26-40(30)58(46,47)48)44-42-32-15-19-36(20-16-32)54-60(51,52)38-23-5-28(2)6-24-38/h3-26,45H,1-2H3,(H,46,47,48)/b8-7+,43-41?,44-42?. The van der Waals surface area contributed by atoms with Crippen LogP contribution < -0.4 is 8.37 Å². The average Bonchev–Trinajstić information content (AvgIpc) is 3.22. The van der Waals surface area contributed by atoms with Crippen LogP contribution in [0.4, 0.5) is 22.7 Å². The Kier molecular flexibility index (Phi) is 13.7. The van der Waals surface area contributed by atoms with Gasteiger partial charge < -0.3 is 8.37 Å². The fraction of sp³-hybridized carbons (Fsp3) is 0.0500. The predicted octanol–water partition coefficient (Wildman–Crippen LogP) is 10.5. The van der Waals surface area contributed by atoms with E-state index in [1.165, 1.54) is 103 Å². The molecule has 0 aliphatic heterocycles. The van der Waals surface area contributed by atoms with Gasteiger partial charge in [-0.25, -0.2) is 5.26 Å². The van der Waals surface area contributed by atoms with Crippen molar-refractivity contribution in [2.45, 2.75) is 33.4 Å². The summed E-state index contributed by atoms with van der Waals surface area (Å²) in [5.74, 6) is 0.117. The van der Waals surface area contributed by atoms with E-state index in [9.17, 15) is 29.8 Å². The van der Waals surface area contributed by atoms with Crippen LogP contribution in [0.3, 0.4) is 0 Å². The monoisotopic (exact) mass is 888 g/mol. The van der Waals surface area contributed by atoms with Crippen LogP contribution in [0.15, 0.2) is 173 Å². The third-order valence-corrected chi connectivity index (χ3v) is 12.2. The maximum Gasteiger partial charge on any atom is 0.339 e. The van der Waals surface area contributed by atoms with Gasteiger partial charge in [-0.3, -0.25) is 4.55 Å². The van der Waals surface area contributed by atoms with Crippen LogP contribution in [0.25, 0.3) is 12.2 Å². The van der Waals surface area contributed by atoms with E-state index in [4.69, 9.17) is 13.6 Å². The van der Waals surface area contributed by atoms with Gasteiger partial charge in [-0.15, -0.1) is 4.33 Å². The first-order chi connectivity index (χ1) is 28.6. The Balaban J connectivity index is 1.14. The molecule has 0 aromatic heterocycles. The van der Waals surface area contributed by atoms with Crippen LogP contribution in [0.1, 0.15) is 22.3 Å². The quantitative estimate of drug-likeness (QED) is 0.0175. The highest BCUT2D eigenvalue weighted by Crippen LogP contribution is 2.33. The van der Waals surface area contributed by atoms with Crippen molar-refractivity contribution in [1.29, 1.82) is 0 Å². The lowest BCUT2D eigenvalue weighted by Gasteiger charge is -2.07. The summed E-state index contributed by atoms with van der Waals surface area (Å²) in [6, 6.07) is 32.7. The molecule has 60 heavy (non-hydrogen) atoms. The number of aryl methyl sites for hydroxylation is 2. The Morgan fingerprint density at radius 2 is 0.917 bits per heavy atom. The lowest BCUT2D eigenvalue weighted by atomic mass is 10.1. The van der Waals surface area contributed by atoms with E-state index >= 15 is 0 Å². The zero-order valence-electron chi connectivity index (χ0n) is 31.3. The second-order valence-electron chi connectivity index (χ2n) is 12.6. The largest absolute Gasteiger partial charge is 0.379 e. The molecule has 0 radical (unpaired) electrons. The summed E-state index contributed by atoms with van der Waals surface area (Å²) < 4.78 is 100. The second kappa shape index (κ2) is 18.9. The summed E-state index contributed by atoms with van der Waals surface area (Å²) in [6.07, 6.45) is 2.93. The molecule has 20 heteroatoms. The molecule has 0 amide bonds. The van der Waals surface area contributed by atoms with E-state index in [0.29, 0.717) is 39.6 Å². The molecule has 6 rings (SSSR count). The third-order valence-electron chi connectivity index (χ3n) is 8.14. The number of hydrogen-bond donors (Lipinski definition) is 2. The van der Waals surface area contributed by atoms with Crippen LogP contribution in [0.5, 0.6) is 11.5 Å². The van der Waals surface area contributed by atoms with E-state index in [1.807, 2.05) is 13.8 Å². The molecule has 0 bridgehead atoms. The maximum absolute atomic E-state index is 12.6. The molecule has 0 spiro atoms. The van der Waals surface area contributed by atoms with Crippen LogP contribution in [-0.2, 0) is 39.7 Å². The SMILES string of the molecule is Cc1ccc(S(=O)(=O)Oc2ccc(N=Nc3ccc(/C=C/c4ccc(N=Nc5ccc(OS(=O)(=O)c6ccc(C)cc6)cc5)cc4S(=O)(=O)O)c(SOOO)c3)cc2)cc1. The molecular weight excluding hydrogens is 857 g/mol. The van der Waals surface area contributed by atoms with Crippen LogP contribution in [-0.4, -0.2) is 35.1 Å². The van der Waals surface area contributed by atoms with Crippen molar-refractivity contribution in [3.63, 3.8) is 0 Å². The highest BCUT2D eigenvalue weighted by molar-refractivity contribution is 7.94. The van der Waals surface area contributed by atoms with Gasteiger partial charge in [-0.1, -0.05) is 64.7 Å². The minimum Gasteiger partial charge on any atom is -0.379 e. The lowest BCUT2D eigenvalue weighted by Crippen LogP contribution is -2.09. The van der Waals surface area contributed by atoms with Crippen molar-refractivity contribution in [1.82, 2.24) is 0 Å². The van der Waals surface area contributed by atoms with Crippen molar-refractivity contribution >= 4 is 77.3 Å². The maximum atomic E-state index is 12.6. The summed E-state index contributed by atoms with van der Waals surface area (Å²) in [7, 11) is -12.9. The molecule has 0 aliphatic carbocycles. The molecule has 16 nitrogen and oxygen atoms in total. The first-order valence-corrected chi connectivity index (χ1v) is 22.2. The van der Waals surface area contributed by atoms with Gasteiger partial charge in [-0.2, -0.15) is 45.7 Å². The highest BCUT2D eigenvalue weighted by Gasteiger charge is 2.18. The summed E-state index contributed by atoms with van der Waals surface area (Å²) in [5, 5.41) is 29.1. The highest BCUT2D eigenvalue weighted by atomic mass is 32.2. The minimum atomic E-state index is -4.76. The van der Waals surface area contributed by atoms with Gasteiger partial charge in [0.05, 0.1) is 34.8 Å². The number of azo groups is 2. The van der Waals surface area contributed by atoms with Crippen molar-refractivity contribution in [2.24, 2.45) is 20.5 Å². The normalized spacial score (nSPS) is 12.4. The van der Waals surface area contributed by atoms with Crippen molar-refractivity contribution < 1.29 is 52.8 Å². The fourth-order valence-corrected chi connectivity index (χ4v) is 8.17. The zero-order valence-corrected chi connectivity index (χ0v) is 34.5. The number of nitrogens with zero attached hydrogens (tertiary/aromatic N) is 4. The molecule has 0 saturated carbocycles. The number of hydrogen-bond acceptors (Lipinski definition) is 16. The molecule has 2 N–H and O–H groups in total. The van der Waals surface area contributed by atoms with Gasteiger partial charge >= 0.3 is 20.2 Å². The second-order valence-corrected chi connectivity index (χ2v) is 17.8. The Morgan fingerprint density at radius 3 is 1.37 bits per heavy atom. The minimum absolute atomic E-state index is 0.00351.